The van der Waals surface area contributed by atoms with Gasteiger partial charge in [-0.2, -0.15) is 0 Å². The van der Waals surface area contributed by atoms with Crippen LogP contribution in [0.2, 0.25) is 0 Å². The quantitative estimate of drug-likeness (QED) is 0.746. The number of ether oxygens (including phenoxy) is 1. The van der Waals surface area contributed by atoms with E-state index in [1.807, 2.05) is 0 Å². The van der Waals surface area contributed by atoms with Crippen LogP contribution in [0.4, 0.5) is 14.9 Å². The minimum absolute atomic E-state index is 0.207. The van der Waals surface area contributed by atoms with Gasteiger partial charge in [-0.1, -0.05) is 6.92 Å². The van der Waals surface area contributed by atoms with Crippen LogP contribution in [0.15, 0.2) is 18.2 Å². The van der Waals surface area contributed by atoms with Gasteiger partial charge in [0.15, 0.2) is 0 Å². The topological polar surface area (TPSA) is 87.7 Å². The van der Waals surface area contributed by atoms with Crippen LogP contribution in [-0.2, 0) is 4.79 Å². The molecule has 0 aromatic heterocycles. The number of anilines is 1. The summed E-state index contributed by atoms with van der Waals surface area (Å²) < 4.78 is 17.9. The van der Waals surface area contributed by atoms with Crippen molar-refractivity contribution >= 4 is 17.7 Å². The van der Waals surface area contributed by atoms with E-state index in [1.54, 1.807) is 6.92 Å². The Kier molecular flexibility index (Phi) is 5.76. The number of carboxylic acids is 1. The van der Waals surface area contributed by atoms with Gasteiger partial charge in [0.25, 0.3) is 0 Å². The maximum absolute atomic E-state index is 13.0. The number of urea groups is 1. The van der Waals surface area contributed by atoms with Gasteiger partial charge in [0, 0.05) is 12.6 Å². The van der Waals surface area contributed by atoms with Gasteiger partial charge in [-0.05, 0) is 18.6 Å². The molecular weight excluding hydrogens is 267 g/mol. The zero-order valence-corrected chi connectivity index (χ0v) is 11.3. The summed E-state index contributed by atoms with van der Waals surface area (Å²) in [7, 11) is 1.37. The van der Waals surface area contributed by atoms with Crippen molar-refractivity contribution in [3.63, 3.8) is 0 Å². The number of carbonyl (C=O) groups excluding carboxylic acids is 1. The molecule has 1 atom stereocenters. The SMILES string of the molecule is COc1cc(F)ccc1NC(=O)NCCC(C)C(=O)O. The molecule has 20 heavy (non-hydrogen) atoms. The number of carbonyl (C=O) groups is 2. The predicted octanol–water partition coefficient (Wildman–Crippen LogP) is 2.07. The predicted molar refractivity (Wildman–Crippen MR) is 71.4 cm³/mol. The van der Waals surface area contributed by atoms with Crippen molar-refractivity contribution in [2.24, 2.45) is 5.92 Å². The minimum Gasteiger partial charge on any atom is -0.494 e. The smallest absolute Gasteiger partial charge is 0.319 e. The molecule has 0 saturated carbocycles. The van der Waals surface area contributed by atoms with E-state index in [-0.39, 0.29) is 12.3 Å². The Hall–Kier alpha value is -2.31. The standard InChI is InChI=1S/C13H17FN2O4/c1-8(12(17)18)5-6-15-13(19)16-10-4-3-9(14)7-11(10)20-2/h3-4,7-8H,5-6H2,1-2H3,(H,17,18)(H2,15,16,19). The molecule has 1 aromatic rings. The molecule has 110 valence electrons. The van der Waals surface area contributed by atoms with Gasteiger partial charge in [0.05, 0.1) is 18.7 Å². The summed E-state index contributed by atoms with van der Waals surface area (Å²) in [5, 5.41) is 13.7. The molecule has 3 N–H and O–H groups in total. The van der Waals surface area contributed by atoms with E-state index in [9.17, 15) is 14.0 Å². The average Bonchev–Trinajstić information content (AvgIpc) is 2.40. The molecule has 1 aromatic carbocycles. The summed E-state index contributed by atoms with van der Waals surface area (Å²) in [4.78, 5) is 22.2. The van der Waals surface area contributed by atoms with Crippen molar-refractivity contribution in [1.82, 2.24) is 5.32 Å². The lowest BCUT2D eigenvalue weighted by molar-refractivity contribution is -0.141. The number of carboxylic acid groups (broad SMARTS) is 1. The Morgan fingerprint density at radius 2 is 2.15 bits per heavy atom. The van der Waals surface area contributed by atoms with Crippen LogP contribution in [-0.4, -0.2) is 30.8 Å². The van der Waals surface area contributed by atoms with Crippen LogP contribution in [0.1, 0.15) is 13.3 Å². The molecule has 0 bridgehead atoms. The van der Waals surface area contributed by atoms with E-state index in [1.165, 1.54) is 19.2 Å². The number of benzene rings is 1. The fourth-order valence-corrected chi connectivity index (χ4v) is 1.46. The second-order valence-electron chi connectivity index (χ2n) is 4.25. The molecule has 0 aliphatic carbocycles. The van der Waals surface area contributed by atoms with Gasteiger partial charge in [0.1, 0.15) is 11.6 Å². The number of methoxy groups -OCH3 is 1. The molecule has 6 nitrogen and oxygen atoms in total. The molecule has 7 heteroatoms. The Morgan fingerprint density at radius 3 is 2.75 bits per heavy atom. The number of nitrogens with one attached hydrogen (secondary N) is 2. The van der Waals surface area contributed by atoms with E-state index < -0.39 is 23.7 Å². The average molecular weight is 284 g/mol. The number of hydrogen-bond donors (Lipinski definition) is 3. The molecule has 1 rings (SSSR count). The lowest BCUT2D eigenvalue weighted by Gasteiger charge is -2.12. The summed E-state index contributed by atoms with van der Waals surface area (Å²) in [6, 6.07) is 3.23. The van der Waals surface area contributed by atoms with Gasteiger partial charge in [-0.15, -0.1) is 0 Å². The summed E-state index contributed by atoms with van der Waals surface area (Å²) in [6.45, 7) is 1.79. The van der Waals surface area contributed by atoms with Crippen LogP contribution < -0.4 is 15.4 Å². The number of aliphatic carboxylic acids is 1. The number of halogens is 1. The summed E-state index contributed by atoms with van der Waals surface area (Å²) in [5.41, 5.74) is 0.331. The molecule has 0 aliphatic heterocycles. The van der Waals surface area contributed by atoms with Gasteiger partial charge >= 0.3 is 12.0 Å². The van der Waals surface area contributed by atoms with Crippen molar-refractivity contribution in [2.45, 2.75) is 13.3 Å². The molecule has 0 radical (unpaired) electrons. The monoisotopic (exact) mass is 284 g/mol. The van der Waals surface area contributed by atoms with E-state index in [0.717, 1.165) is 6.07 Å². The van der Waals surface area contributed by atoms with Crippen molar-refractivity contribution in [1.29, 1.82) is 0 Å². The second kappa shape index (κ2) is 7.32. The minimum atomic E-state index is -0.910. The highest BCUT2D eigenvalue weighted by Gasteiger charge is 2.12. The van der Waals surface area contributed by atoms with E-state index >= 15 is 0 Å². The molecule has 0 saturated heterocycles. The molecule has 0 spiro atoms. The molecule has 0 heterocycles. The Morgan fingerprint density at radius 1 is 1.45 bits per heavy atom. The molecule has 0 aliphatic rings. The maximum atomic E-state index is 13.0. The van der Waals surface area contributed by atoms with Crippen LogP contribution in [0.3, 0.4) is 0 Å². The third-order valence-electron chi connectivity index (χ3n) is 2.70. The van der Waals surface area contributed by atoms with Crippen LogP contribution in [0.25, 0.3) is 0 Å². The molecule has 1 unspecified atom stereocenters. The third-order valence-corrected chi connectivity index (χ3v) is 2.70. The lowest BCUT2D eigenvalue weighted by Crippen LogP contribution is -2.31. The summed E-state index contributed by atoms with van der Waals surface area (Å²) in [5.74, 6) is -1.70. The van der Waals surface area contributed by atoms with Gasteiger partial charge < -0.3 is 20.5 Å². The zero-order chi connectivity index (χ0) is 15.1. The van der Waals surface area contributed by atoms with Gasteiger partial charge in [0.2, 0.25) is 0 Å². The van der Waals surface area contributed by atoms with Crippen LogP contribution in [0.5, 0.6) is 5.75 Å². The largest absolute Gasteiger partial charge is 0.494 e. The second-order valence-corrected chi connectivity index (χ2v) is 4.25. The first-order valence-corrected chi connectivity index (χ1v) is 6.05. The van der Waals surface area contributed by atoms with Crippen molar-refractivity contribution < 1.29 is 23.8 Å². The number of hydrogen-bond acceptors (Lipinski definition) is 3. The fourth-order valence-electron chi connectivity index (χ4n) is 1.46. The Bertz CT molecular complexity index is 493. The van der Waals surface area contributed by atoms with E-state index in [0.29, 0.717) is 12.1 Å². The fraction of sp³-hybridized carbons (Fsp3) is 0.385. The Balaban J connectivity index is 2.48. The normalized spacial score (nSPS) is 11.6. The summed E-state index contributed by atoms with van der Waals surface area (Å²) in [6.07, 6.45) is 0.323. The number of rotatable bonds is 6. The molecule has 2 amide bonds. The third kappa shape index (κ3) is 4.75. The lowest BCUT2D eigenvalue weighted by atomic mass is 10.1. The number of amides is 2. The van der Waals surface area contributed by atoms with Gasteiger partial charge in [-0.3, -0.25) is 4.79 Å². The van der Waals surface area contributed by atoms with E-state index in [4.69, 9.17) is 9.84 Å². The maximum Gasteiger partial charge on any atom is 0.319 e. The Labute approximate surface area is 115 Å². The van der Waals surface area contributed by atoms with Crippen LogP contribution in [0, 0.1) is 11.7 Å². The van der Waals surface area contributed by atoms with Crippen molar-refractivity contribution in [3.8, 4) is 5.75 Å². The first-order chi connectivity index (χ1) is 9.43. The highest BCUT2D eigenvalue weighted by Crippen LogP contribution is 2.24. The first kappa shape index (κ1) is 15.7. The first-order valence-electron chi connectivity index (χ1n) is 6.05. The van der Waals surface area contributed by atoms with Crippen LogP contribution >= 0.6 is 0 Å². The molecule has 0 fully saturated rings. The highest BCUT2D eigenvalue weighted by molar-refractivity contribution is 5.90. The van der Waals surface area contributed by atoms with E-state index in [2.05, 4.69) is 10.6 Å². The zero-order valence-electron chi connectivity index (χ0n) is 11.3. The highest BCUT2D eigenvalue weighted by atomic mass is 19.1. The van der Waals surface area contributed by atoms with Gasteiger partial charge in [-0.25, -0.2) is 9.18 Å². The summed E-state index contributed by atoms with van der Waals surface area (Å²) >= 11 is 0. The molecular formula is C13H17FN2O4. The van der Waals surface area contributed by atoms with Crippen molar-refractivity contribution in [2.75, 3.05) is 19.0 Å². The van der Waals surface area contributed by atoms with Crippen molar-refractivity contribution in [3.05, 3.63) is 24.0 Å².